The Morgan fingerprint density at radius 2 is 1.84 bits per heavy atom. The number of amides is 1. The van der Waals surface area contributed by atoms with Gasteiger partial charge in [0.25, 0.3) is 5.91 Å². The van der Waals surface area contributed by atoms with E-state index >= 15 is 0 Å². The Morgan fingerprint density at radius 3 is 2.48 bits per heavy atom. The van der Waals surface area contributed by atoms with Gasteiger partial charge in [0, 0.05) is 56.7 Å². The molecular formula is C17H17FN4O3. The van der Waals surface area contributed by atoms with E-state index in [1.165, 1.54) is 6.07 Å². The highest BCUT2D eigenvalue weighted by molar-refractivity contribution is 5.95. The summed E-state index contributed by atoms with van der Waals surface area (Å²) in [5, 5.41) is 10.8. The number of piperazine rings is 1. The van der Waals surface area contributed by atoms with Crippen LogP contribution >= 0.6 is 0 Å². The monoisotopic (exact) mass is 344 g/mol. The average molecular weight is 344 g/mol. The molecule has 0 unspecified atom stereocenters. The molecule has 2 heterocycles. The zero-order valence-electron chi connectivity index (χ0n) is 13.5. The van der Waals surface area contributed by atoms with Crippen molar-refractivity contribution in [3.63, 3.8) is 0 Å². The van der Waals surface area contributed by atoms with Crippen molar-refractivity contribution in [3.05, 3.63) is 69.8 Å². The van der Waals surface area contributed by atoms with Gasteiger partial charge in [0.15, 0.2) is 0 Å². The maximum atomic E-state index is 13.4. The highest BCUT2D eigenvalue weighted by atomic mass is 19.1. The van der Waals surface area contributed by atoms with Gasteiger partial charge in [-0.3, -0.25) is 24.8 Å². The van der Waals surface area contributed by atoms with Gasteiger partial charge in [-0.2, -0.15) is 4.39 Å². The van der Waals surface area contributed by atoms with Crippen LogP contribution in [0.5, 0.6) is 0 Å². The number of hydrogen-bond donors (Lipinski definition) is 0. The molecule has 1 amide bonds. The van der Waals surface area contributed by atoms with E-state index in [1.54, 1.807) is 17.3 Å². The second-order valence-electron chi connectivity index (χ2n) is 5.85. The lowest BCUT2D eigenvalue weighted by Gasteiger charge is -2.34. The summed E-state index contributed by atoms with van der Waals surface area (Å²) in [6.07, 6.45) is 3.49. The number of aromatic nitrogens is 1. The Labute approximate surface area is 143 Å². The molecule has 1 aromatic carbocycles. The minimum absolute atomic E-state index is 0.135. The van der Waals surface area contributed by atoms with Crippen LogP contribution in [0.2, 0.25) is 0 Å². The van der Waals surface area contributed by atoms with E-state index in [0.29, 0.717) is 26.2 Å². The quantitative estimate of drug-likeness (QED) is 0.627. The summed E-state index contributed by atoms with van der Waals surface area (Å²) in [5.74, 6) is -1.25. The van der Waals surface area contributed by atoms with E-state index in [-0.39, 0.29) is 11.5 Å². The molecule has 3 rings (SSSR count). The number of benzene rings is 1. The molecule has 1 saturated heterocycles. The first-order valence-electron chi connectivity index (χ1n) is 7.89. The van der Waals surface area contributed by atoms with E-state index in [4.69, 9.17) is 0 Å². The Hall–Kier alpha value is -2.87. The van der Waals surface area contributed by atoms with Gasteiger partial charge in [0.1, 0.15) is 0 Å². The fourth-order valence-corrected chi connectivity index (χ4v) is 2.82. The number of nitrogens with zero attached hydrogens (tertiary/aromatic N) is 4. The number of rotatable bonds is 4. The van der Waals surface area contributed by atoms with Crippen LogP contribution in [0.25, 0.3) is 0 Å². The molecule has 7 nitrogen and oxygen atoms in total. The number of nitro groups is 1. The smallest absolute Gasteiger partial charge is 0.305 e. The molecule has 0 bridgehead atoms. The maximum absolute atomic E-state index is 13.4. The minimum atomic E-state index is -0.941. The van der Waals surface area contributed by atoms with Gasteiger partial charge in [0.2, 0.25) is 5.82 Å². The molecule has 25 heavy (non-hydrogen) atoms. The van der Waals surface area contributed by atoms with Crippen LogP contribution in [0.3, 0.4) is 0 Å². The summed E-state index contributed by atoms with van der Waals surface area (Å²) in [6, 6.07) is 7.16. The summed E-state index contributed by atoms with van der Waals surface area (Å²) in [5.41, 5.74) is 0.613. The molecule has 0 radical (unpaired) electrons. The second kappa shape index (κ2) is 7.35. The van der Waals surface area contributed by atoms with Gasteiger partial charge in [-0.25, -0.2) is 0 Å². The zero-order valence-corrected chi connectivity index (χ0v) is 13.5. The van der Waals surface area contributed by atoms with Crippen molar-refractivity contribution >= 4 is 11.6 Å². The predicted octanol–water partition coefficient (Wildman–Crippen LogP) is 2.09. The first-order chi connectivity index (χ1) is 12.0. The molecule has 1 aliphatic heterocycles. The van der Waals surface area contributed by atoms with Gasteiger partial charge in [0.05, 0.1) is 4.92 Å². The van der Waals surface area contributed by atoms with E-state index in [9.17, 15) is 19.3 Å². The van der Waals surface area contributed by atoms with Crippen molar-refractivity contribution in [3.8, 4) is 0 Å². The first kappa shape index (κ1) is 17.0. The molecule has 0 spiro atoms. The first-order valence-corrected chi connectivity index (χ1v) is 7.89. The highest BCUT2D eigenvalue weighted by Crippen LogP contribution is 2.20. The third-order valence-electron chi connectivity index (χ3n) is 4.20. The number of nitro benzene ring substituents is 1. The van der Waals surface area contributed by atoms with Crippen LogP contribution in [-0.2, 0) is 6.54 Å². The van der Waals surface area contributed by atoms with Crippen molar-refractivity contribution in [2.45, 2.75) is 6.54 Å². The molecule has 1 aromatic heterocycles. The third kappa shape index (κ3) is 3.97. The molecule has 0 saturated carbocycles. The predicted molar refractivity (Wildman–Crippen MR) is 88.5 cm³/mol. The van der Waals surface area contributed by atoms with Crippen LogP contribution in [0.4, 0.5) is 10.1 Å². The Bertz CT molecular complexity index is 777. The van der Waals surface area contributed by atoms with E-state index in [0.717, 1.165) is 24.2 Å². The van der Waals surface area contributed by atoms with Crippen LogP contribution in [0.1, 0.15) is 15.9 Å². The molecule has 1 aliphatic rings. The van der Waals surface area contributed by atoms with Crippen molar-refractivity contribution in [1.29, 1.82) is 0 Å². The standard InChI is InChI=1S/C17H17FN4O3/c18-15-2-1-14(11-16(15)22(24)25)17(23)21-9-7-20(8-10-21)12-13-3-5-19-6-4-13/h1-6,11H,7-10,12H2. The zero-order chi connectivity index (χ0) is 17.8. The number of pyridine rings is 1. The molecule has 0 N–H and O–H groups in total. The summed E-state index contributed by atoms with van der Waals surface area (Å²) in [4.78, 5) is 30.4. The lowest BCUT2D eigenvalue weighted by atomic mass is 10.1. The van der Waals surface area contributed by atoms with Gasteiger partial charge < -0.3 is 4.90 Å². The lowest BCUT2D eigenvalue weighted by Crippen LogP contribution is -2.48. The fraction of sp³-hybridized carbons (Fsp3) is 0.294. The largest absolute Gasteiger partial charge is 0.336 e. The molecule has 8 heteroatoms. The van der Waals surface area contributed by atoms with Crippen molar-refractivity contribution < 1.29 is 14.1 Å². The summed E-state index contributed by atoms with van der Waals surface area (Å²) in [7, 11) is 0. The SMILES string of the molecule is O=C(c1ccc(F)c([N+](=O)[O-])c1)N1CCN(Cc2ccncc2)CC1. The van der Waals surface area contributed by atoms with Crippen molar-refractivity contribution in [1.82, 2.24) is 14.8 Å². The average Bonchev–Trinajstić information content (AvgIpc) is 2.63. The van der Waals surface area contributed by atoms with E-state index < -0.39 is 16.4 Å². The van der Waals surface area contributed by atoms with E-state index in [1.807, 2.05) is 12.1 Å². The van der Waals surface area contributed by atoms with Crippen LogP contribution in [-0.4, -0.2) is 51.8 Å². The van der Waals surface area contributed by atoms with Crippen LogP contribution < -0.4 is 0 Å². The molecule has 1 fully saturated rings. The number of hydrogen-bond acceptors (Lipinski definition) is 5. The summed E-state index contributed by atoms with van der Waals surface area (Å²) < 4.78 is 13.4. The van der Waals surface area contributed by atoms with Gasteiger partial charge >= 0.3 is 5.69 Å². The second-order valence-corrected chi connectivity index (χ2v) is 5.85. The lowest BCUT2D eigenvalue weighted by molar-refractivity contribution is -0.387. The molecule has 130 valence electrons. The highest BCUT2D eigenvalue weighted by Gasteiger charge is 2.24. The van der Waals surface area contributed by atoms with E-state index in [2.05, 4.69) is 9.88 Å². The van der Waals surface area contributed by atoms with Gasteiger partial charge in [-0.1, -0.05) is 0 Å². The normalized spacial score (nSPS) is 15.2. The number of carbonyl (C=O) groups excluding carboxylic acids is 1. The Balaban J connectivity index is 1.62. The number of halogens is 1. The minimum Gasteiger partial charge on any atom is -0.336 e. The molecule has 2 aromatic rings. The summed E-state index contributed by atoms with van der Waals surface area (Å²) in [6.45, 7) is 3.24. The Kier molecular flexibility index (Phi) is 4.99. The van der Waals surface area contributed by atoms with Crippen LogP contribution in [0.15, 0.2) is 42.7 Å². The summed E-state index contributed by atoms with van der Waals surface area (Å²) >= 11 is 0. The Morgan fingerprint density at radius 1 is 1.16 bits per heavy atom. The van der Waals surface area contributed by atoms with Gasteiger partial charge in [-0.05, 0) is 29.8 Å². The molecule has 0 aliphatic carbocycles. The number of carbonyl (C=O) groups is 1. The maximum Gasteiger partial charge on any atom is 0.305 e. The fourth-order valence-electron chi connectivity index (χ4n) is 2.82. The van der Waals surface area contributed by atoms with Crippen LogP contribution in [0, 0.1) is 15.9 Å². The molecular weight excluding hydrogens is 327 g/mol. The van der Waals surface area contributed by atoms with Crippen molar-refractivity contribution in [2.75, 3.05) is 26.2 Å². The topological polar surface area (TPSA) is 79.6 Å². The van der Waals surface area contributed by atoms with Gasteiger partial charge in [-0.15, -0.1) is 0 Å². The van der Waals surface area contributed by atoms with Crippen molar-refractivity contribution in [2.24, 2.45) is 0 Å². The third-order valence-corrected chi connectivity index (χ3v) is 4.20. The molecule has 0 atom stereocenters.